The van der Waals surface area contributed by atoms with Crippen molar-refractivity contribution in [3.05, 3.63) is 65.2 Å². The quantitative estimate of drug-likeness (QED) is 0.924. The van der Waals surface area contributed by atoms with Crippen LogP contribution in [0.3, 0.4) is 0 Å². The molecule has 1 atom stereocenters. The van der Waals surface area contributed by atoms with E-state index in [0.29, 0.717) is 6.54 Å². The van der Waals surface area contributed by atoms with Gasteiger partial charge in [0.15, 0.2) is 5.37 Å². The van der Waals surface area contributed by atoms with Crippen molar-refractivity contribution in [3.63, 3.8) is 0 Å². The van der Waals surface area contributed by atoms with E-state index in [1.165, 1.54) is 10.5 Å². The summed E-state index contributed by atoms with van der Waals surface area (Å²) >= 11 is 1.04. The van der Waals surface area contributed by atoms with E-state index in [-0.39, 0.29) is 11.1 Å². The zero-order valence-corrected chi connectivity index (χ0v) is 13.9. The molecule has 2 aromatic carbocycles. The molecule has 0 aliphatic carbocycles. The molecule has 1 heterocycles. The first-order chi connectivity index (χ1) is 11.0. The maximum Gasteiger partial charge on any atom is 0.291 e. The summed E-state index contributed by atoms with van der Waals surface area (Å²) < 4.78 is 0. The van der Waals surface area contributed by atoms with Crippen LogP contribution in [0, 0.1) is 13.8 Å². The number of hydrogen-bond donors (Lipinski definition) is 1. The molecule has 0 saturated carbocycles. The van der Waals surface area contributed by atoms with Gasteiger partial charge >= 0.3 is 0 Å². The van der Waals surface area contributed by atoms with Crippen LogP contribution in [0.25, 0.3) is 0 Å². The summed E-state index contributed by atoms with van der Waals surface area (Å²) in [5, 5.41) is 2.41. The van der Waals surface area contributed by atoms with Crippen molar-refractivity contribution in [2.45, 2.75) is 25.8 Å². The number of carbonyl (C=O) groups is 2. The SMILES string of the molecule is Cc1ccc(NC2SC(=O)N(Cc3ccccc3)C2=O)c(C)c1. The molecule has 5 heteroatoms. The Bertz CT molecular complexity index is 746. The Morgan fingerprint density at radius 3 is 2.52 bits per heavy atom. The topological polar surface area (TPSA) is 49.4 Å². The lowest BCUT2D eigenvalue weighted by Crippen LogP contribution is -2.34. The normalized spacial score (nSPS) is 17.7. The van der Waals surface area contributed by atoms with Gasteiger partial charge in [0.25, 0.3) is 11.1 Å². The molecule has 2 amide bonds. The highest BCUT2D eigenvalue weighted by molar-refractivity contribution is 8.15. The molecule has 0 spiro atoms. The minimum Gasteiger partial charge on any atom is -0.365 e. The highest BCUT2D eigenvalue weighted by atomic mass is 32.2. The third-order valence-corrected chi connectivity index (χ3v) is 4.76. The maximum absolute atomic E-state index is 12.5. The van der Waals surface area contributed by atoms with Gasteiger partial charge in [-0.15, -0.1) is 0 Å². The van der Waals surface area contributed by atoms with Crippen LogP contribution in [0.4, 0.5) is 10.5 Å². The van der Waals surface area contributed by atoms with Crippen molar-refractivity contribution >= 4 is 28.6 Å². The molecule has 2 aromatic rings. The van der Waals surface area contributed by atoms with Gasteiger partial charge in [-0.2, -0.15) is 0 Å². The van der Waals surface area contributed by atoms with E-state index < -0.39 is 5.37 Å². The number of rotatable bonds is 4. The lowest BCUT2D eigenvalue weighted by molar-refractivity contribution is -0.126. The lowest BCUT2D eigenvalue weighted by atomic mass is 10.1. The van der Waals surface area contributed by atoms with Crippen LogP contribution in [0.5, 0.6) is 0 Å². The Morgan fingerprint density at radius 2 is 1.83 bits per heavy atom. The van der Waals surface area contributed by atoms with Gasteiger partial charge in [0.2, 0.25) is 0 Å². The number of aryl methyl sites for hydroxylation is 2. The van der Waals surface area contributed by atoms with Gasteiger partial charge in [0, 0.05) is 5.69 Å². The van der Waals surface area contributed by atoms with Crippen LogP contribution in [0.1, 0.15) is 16.7 Å². The lowest BCUT2D eigenvalue weighted by Gasteiger charge is -2.16. The minimum atomic E-state index is -0.562. The monoisotopic (exact) mass is 326 g/mol. The summed E-state index contributed by atoms with van der Waals surface area (Å²) in [5.74, 6) is -0.191. The Kier molecular flexibility index (Phi) is 4.39. The zero-order valence-electron chi connectivity index (χ0n) is 13.1. The van der Waals surface area contributed by atoms with Gasteiger partial charge in [-0.3, -0.25) is 14.5 Å². The van der Waals surface area contributed by atoms with Gasteiger partial charge in [0.05, 0.1) is 6.54 Å². The molecule has 1 N–H and O–H groups in total. The largest absolute Gasteiger partial charge is 0.365 e. The first-order valence-corrected chi connectivity index (χ1v) is 8.32. The van der Waals surface area contributed by atoms with Crippen LogP contribution < -0.4 is 5.32 Å². The second-order valence-electron chi connectivity index (χ2n) is 5.64. The van der Waals surface area contributed by atoms with Gasteiger partial charge in [-0.25, -0.2) is 0 Å². The van der Waals surface area contributed by atoms with E-state index in [9.17, 15) is 9.59 Å². The van der Waals surface area contributed by atoms with E-state index in [1.54, 1.807) is 0 Å². The summed E-state index contributed by atoms with van der Waals surface area (Å²) in [4.78, 5) is 26.0. The van der Waals surface area contributed by atoms with Crippen molar-refractivity contribution in [2.75, 3.05) is 5.32 Å². The summed E-state index contributed by atoms with van der Waals surface area (Å²) in [6.07, 6.45) is 0. The fraction of sp³-hybridized carbons (Fsp3) is 0.222. The molecule has 0 aromatic heterocycles. The number of amides is 2. The van der Waals surface area contributed by atoms with Crippen molar-refractivity contribution in [3.8, 4) is 0 Å². The minimum absolute atomic E-state index is 0.191. The third kappa shape index (κ3) is 3.40. The highest BCUT2D eigenvalue weighted by Gasteiger charge is 2.39. The number of nitrogens with zero attached hydrogens (tertiary/aromatic N) is 1. The van der Waals surface area contributed by atoms with Crippen LogP contribution in [-0.2, 0) is 11.3 Å². The molecule has 0 radical (unpaired) electrons. The van der Waals surface area contributed by atoms with Gasteiger partial charge in [-0.1, -0.05) is 48.0 Å². The Morgan fingerprint density at radius 1 is 1.09 bits per heavy atom. The standard InChI is InChI=1S/C18H18N2O2S/c1-12-8-9-15(13(2)10-12)19-16-17(21)20(18(22)23-16)11-14-6-4-3-5-7-14/h3-10,16,19H,11H2,1-2H3. The third-order valence-electron chi connectivity index (χ3n) is 3.78. The molecule has 1 aliphatic rings. The van der Waals surface area contributed by atoms with Crippen molar-refractivity contribution in [1.82, 2.24) is 4.90 Å². The van der Waals surface area contributed by atoms with Crippen LogP contribution in [-0.4, -0.2) is 21.4 Å². The number of hydrogen-bond acceptors (Lipinski definition) is 4. The molecular formula is C18H18N2O2S. The summed E-state index contributed by atoms with van der Waals surface area (Å²) in [6.45, 7) is 4.33. The molecule has 0 bridgehead atoms. The molecule has 1 fully saturated rings. The molecule has 1 unspecified atom stereocenters. The van der Waals surface area contributed by atoms with Gasteiger partial charge in [0.1, 0.15) is 0 Å². The Labute approximate surface area is 139 Å². The van der Waals surface area contributed by atoms with E-state index in [2.05, 4.69) is 11.4 Å². The first-order valence-electron chi connectivity index (χ1n) is 7.44. The van der Waals surface area contributed by atoms with Gasteiger partial charge in [-0.05, 0) is 42.8 Å². The molecular weight excluding hydrogens is 308 g/mol. The summed E-state index contributed by atoms with van der Waals surface area (Å²) in [5.41, 5.74) is 4.06. The molecule has 4 nitrogen and oxygen atoms in total. The number of benzene rings is 2. The average molecular weight is 326 g/mol. The number of imide groups is 1. The molecule has 1 aliphatic heterocycles. The first kappa shape index (κ1) is 15.6. The van der Waals surface area contributed by atoms with Crippen LogP contribution in [0.15, 0.2) is 48.5 Å². The maximum atomic E-state index is 12.5. The van der Waals surface area contributed by atoms with Crippen LogP contribution in [0.2, 0.25) is 0 Å². The zero-order chi connectivity index (χ0) is 16.4. The summed E-state index contributed by atoms with van der Waals surface area (Å²) in [6, 6.07) is 15.5. The molecule has 23 heavy (non-hydrogen) atoms. The van der Waals surface area contributed by atoms with E-state index >= 15 is 0 Å². The average Bonchev–Trinajstić information content (AvgIpc) is 2.79. The predicted molar refractivity (Wildman–Crippen MR) is 93.3 cm³/mol. The van der Waals surface area contributed by atoms with Crippen molar-refractivity contribution < 1.29 is 9.59 Å². The number of thioether (sulfide) groups is 1. The molecule has 118 valence electrons. The van der Waals surface area contributed by atoms with Crippen molar-refractivity contribution in [1.29, 1.82) is 0 Å². The number of anilines is 1. The van der Waals surface area contributed by atoms with E-state index in [0.717, 1.165) is 28.6 Å². The Hall–Kier alpha value is -2.27. The van der Waals surface area contributed by atoms with Crippen molar-refractivity contribution in [2.24, 2.45) is 0 Å². The fourth-order valence-electron chi connectivity index (χ4n) is 2.56. The second kappa shape index (κ2) is 6.46. The van der Waals surface area contributed by atoms with E-state index in [4.69, 9.17) is 0 Å². The second-order valence-corrected chi connectivity index (χ2v) is 6.69. The van der Waals surface area contributed by atoms with E-state index in [1.807, 2.05) is 56.3 Å². The molecule has 3 rings (SSSR count). The summed E-state index contributed by atoms with van der Waals surface area (Å²) in [7, 11) is 0. The fourth-order valence-corrected chi connectivity index (χ4v) is 3.46. The van der Waals surface area contributed by atoms with Crippen LogP contribution >= 0.6 is 11.8 Å². The molecule has 1 saturated heterocycles. The van der Waals surface area contributed by atoms with Gasteiger partial charge < -0.3 is 5.32 Å². The smallest absolute Gasteiger partial charge is 0.291 e. The predicted octanol–water partition coefficient (Wildman–Crippen LogP) is 3.94. The number of carbonyl (C=O) groups excluding carboxylic acids is 2. The Balaban J connectivity index is 1.73. The number of nitrogens with one attached hydrogen (secondary N) is 1. The highest BCUT2D eigenvalue weighted by Crippen LogP contribution is 2.30.